The van der Waals surface area contributed by atoms with Crippen LogP contribution < -0.4 is 0 Å². The van der Waals surface area contributed by atoms with Crippen LogP contribution in [0.15, 0.2) is 11.6 Å². The fourth-order valence-corrected chi connectivity index (χ4v) is 3.18. The smallest absolute Gasteiger partial charge is 0.200 e. The predicted molar refractivity (Wildman–Crippen MR) is 71.7 cm³/mol. The third kappa shape index (κ3) is 3.03. The number of Topliss-reactive ketones (excluding diaryl/α,β-unsaturated/α-hetero) is 1. The maximum absolute atomic E-state index is 12.4. The molecule has 2 nitrogen and oxygen atoms in total. The quantitative estimate of drug-likeness (QED) is 0.734. The van der Waals surface area contributed by atoms with Crippen LogP contribution in [0.5, 0.6) is 0 Å². The Kier molecular flexibility index (Phi) is 4.11. The summed E-state index contributed by atoms with van der Waals surface area (Å²) in [6, 6.07) is 0. The van der Waals surface area contributed by atoms with Gasteiger partial charge in [0.1, 0.15) is 0 Å². The Morgan fingerprint density at radius 1 is 1.24 bits per heavy atom. The molecule has 0 aliphatic heterocycles. The van der Waals surface area contributed by atoms with Crippen molar-refractivity contribution in [1.82, 2.24) is 4.98 Å². The number of hydrogen-bond acceptors (Lipinski definition) is 3. The van der Waals surface area contributed by atoms with Gasteiger partial charge < -0.3 is 0 Å². The van der Waals surface area contributed by atoms with Crippen LogP contribution in [0.4, 0.5) is 0 Å². The molecule has 0 fully saturated rings. The van der Waals surface area contributed by atoms with Gasteiger partial charge in [-0.1, -0.05) is 18.9 Å². The van der Waals surface area contributed by atoms with Gasteiger partial charge in [0, 0.05) is 0 Å². The summed E-state index contributed by atoms with van der Waals surface area (Å²) in [6.45, 7) is 3.89. The minimum absolute atomic E-state index is 0.218. The molecule has 0 aromatic carbocycles. The lowest BCUT2D eigenvalue weighted by Gasteiger charge is -2.09. The fraction of sp³-hybridized carbons (Fsp3) is 0.571. The first-order chi connectivity index (χ1) is 8.18. The number of aryl methyl sites for hydroxylation is 2. The molecule has 17 heavy (non-hydrogen) atoms. The van der Waals surface area contributed by atoms with Gasteiger partial charge in [-0.15, -0.1) is 11.3 Å². The van der Waals surface area contributed by atoms with Gasteiger partial charge in [0.05, 0.1) is 15.6 Å². The average molecular weight is 249 g/mol. The molecule has 0 bridgehead atoms. The minimum atomic E-state index is 0.218. The SMILES string of the molecule is Cc1nc(C)c(C(=O)C2=CCCCCCC2)s1. The lowest BCUT2D eigenvalue weighted by Crippen LogP contribution is -2.05. The molecule has 1 heterocycles. The van der Waals surface area contributed by atoms with E-state index in [4.69, 9.17) is 0 Å². The molecule has 0 radical (unpaired) electrons. The average Bonchev–Trinajstić information content (AvgIpc) is 2.56. The number of rotatable bonds is 2. The van der Waals surface area contributed by atoms with Crippen molar-refractivity contribution >= 4 is 17.1 Å². The summed E-state index contributed by atoms with van der Waals surface area (Å²) in [7, 11) is 0. The van der Waals surface area contributed by atoms with Crippen molar-refractivity contribution < 1.29 is 4.79 Å². The number of hydrogen-bond donors (Lipinski definition) is 0. The fourth-order valence-electron chi connectivity index (χ4n) is 2.29. The van der Waals surface area contributed by atoms with E-state index in [0.717, 1.165) is 40.4 Å². The highest BCUT2D eigenvalue weighted by Crippen LogP contribution is 2.25. The summed E-state index contributed by atoms with van der Waals surface area (Å²) in [5.41, 5.74) is 1.90. The van der Waals surface area contributed by atoms with Crippen molar-refractivity contribution in [3.05, 3.63) is 27.2 Å². The molecule has 3 heteroatoms. The maximum Gasteiger partial charge on any atom is 0.200 e. The number of carbonyl (C=O) groups excluding carboxylic acids is 1. The zero-order valence-corrected chi connectivity index (χ0v) is 11.4. The molecule has 1 aliphatic rings. The van der Waals surface area contributed by atoms with Crippen molar-refractivity contribution in [2.75, 3.05) is 0 Å². The molecule has 1 aromatic heterocycles. The van der Waals surface area contributed by atoms with Crippen LogP contribution in [0.3, 0.4) is 0 Å². The van der Waals surface area contributed by atoms with Crippen LogP contribution in [-0.2, 0) is 0 Å². The summed E-state index contributed by atoms with van der Waals surface area (Å²) in [4.78, 5) is 17.6. The molecule has 0 saturated carbocycles. The standard InChI is InChI=1S/C14H19NOS/c1-10-14(17-11(2)15-10)13(16)12-8-6-4-3-5-7-9-12/h8H,3-7,9H2,1-2H3. The van der Waals surface area contributed by atoms with E-state index in [9.17, 15) is 4.79 Å². The molecular formula is C14H19NOS. The highest BCUT2D eigenvalue weighted by Gasteiger charge is 2.18. The van der Waals surface area contributed by atoms with Crippen LogP contribution in [-0.4, -0.2) is 10.8 Å². The van der Waals surface area contributed by atoms with E-state index < -0.39 is 0 Å². The van der Waals surface area contributed by atoms with Gasteiger partial charge in [0.25, 0.3) is 0 Å². The zero-order valence-electron chi connectivity index (χ0n) is 10.6. The molecule has 0 spiro atoms. The third-order valence-electron chi connectivity index (χ3n) is 3.19. The molecule has 0 atom stereocenters. The molecule has 0 unspecified atom stereocenters. The lowest BCUT2D eigenvalue weighted by atomic mass is 9.96. The van der Waals surface area contributed by atoms with Crippen LogP contribution in [0.1, 0.15) is 58.9 Å². The first-order valence-electron chi connectivity index (χ1n) is 6.36. The largest absolute Gasteiger partial charge is 0.288 e. The molecule has 2 rings (SSSR count). The topological polar surface area (TPSA) is 30.0 Å². The molecular weight excluding hydrogens is 230 g/mol. The zero-order chi connectivity index (χ0) is 12.3. The molecule has 0 saturated heterocycles. The lowest BCUT2D eigenvalue weighted by molar-refractivity contribution is 0.103. The monoisotopic (exact) mass is 249 g/mol. The highest BCUT2D eigenvalue weighted by atomic mass is 32.1. The Balaban J connectivity index is 2.20. The Labute approximate surface area is 107 Å². The molecule has 1 aliphatic carbocycles. The first kappa shape index (κ1) is 12.5. The molecule has 0 N–H and O–H groups in total. The second kappa shape index (κ2) is 5.58. The van der Waals surface area contributed by atoms with Gasteiger partial charge in [-0.2, -0.15) is 0 Å². The van der Waals surface area contributed by atoms with Gasteiger partial charge in [0.2, 0.25) is 5.78 Å². The summed E-state index contributed by atoms with van der Waals surface area (Å²) >= 11 is 1.53. The van der Waals surface area contributed by atoms with E-state index >= 15 is 0 Å². The van der Waals surface area contributed by atoms with Gasteiger partial charge >= 0.3 is 0 Å². The van der Waals surface area contributed by atoms with Gasteiger partial charge in [-0.3, -0.25) is 4.79 Å². The Morgan fingerprint density at radius 2 is 2.00 bits per heavy atom. The van der Waals surface area contributed by atoms with Crippen LogP contribution >= 0.6 is 11.3 Å². The Bertz CT molecular complexity index is 445. The van der Waals surface area contributed by atoms with E-state index in [0.29, 0.717) is 0 Å². The summed E-state index contributed by atoms with van der Waals surface area (Å²) in [5.74, 6) is 0.218. The van der Waals surface area contributed by atoms with E-state index in [1.807, 2.05) is 13.8 Å². The summed E-state index contributed by atoms with van der Waals surface area (Å²) < 4.78 is 0. The van der Waals surface area contributed by atoms with E-state index in [-0.39, 0.29) is 5.78 Å². The number of allylic oxidation sites excluding steroid dienone is 2. The summed E-state index contributed by atoms with van der Waals surface area (Å²) in [5, 5.41) is 0.984. The molecule has 1 aromatic rings. The van der Waals surface area contributed by atoms with Crippen LogP contribution in [0.25, 0.3) is 0 Å². The third-order valence-corrected chi connectivity index (χ3v) is 4.26. The Morgan fingerprint density at radius 3 is 2.71 bits per heavy atom. The normalized spacial score (nSPS) is 17.2. The van der Waals surface area contributed by atoms with Crippen molar-refractivity contribution in [2.45, 2.75) is 52.4 Å². The number of aromatic nitrogens is 1. The number of thiazole rings is 1. The van der Waals surface area contributed by atoms with Gasteiger partial charge in [0.15, 0.2) is 0 Å². The minimum Gasteiger partial charge on any atom is -0.288 e. The van der Waals surface area contributed by atoms with Gasteiger partial charge in [-0.25, -0.2) is 4.98 Å². The van der Waals surface area contributed by atoms with Crippen molar-refractivity contribution in [1.29, 1.82) is 0 Å². The predicted octanol–water partition coefficient (Wildman–Crippen LogP) is 4.22. The van der Waals surface area contributed by atoms with Gasteiger partial charge in [-0.05, 0) is 45.1 Å². The second-order valence-electron chi connectivity index (χ2n) is 4.66. The van der Waals surface area contributed by atoms with Crippen LogP contribution in [0, 0.1) is 13.8 Å². The van der Waals surface area contributed by atoms with Crippen LogP contribution in [0.2, 0.25) is 0 Å². The van der Waals surface area contributed by atoms with E-state index in [1.54, 1.807) is 0 Å². The number of ketones is 1. The molecule has 92 valence electrons. The number of nitrogens with zero attached hydrogens (tertiary/aromatic N) is 1. The highest BCUT2D eigenvalue weighted by molar-refractivity contribution is 7.14. The van der Waals surface area contributed by atoms with Crippen molar-refractivity contribution in [3.8, 4) is 0 Å². The van der Waals surface area contributed by atoms with Crippen molar-refractivity contribution in [2.24, 2.45) is 0 Å². The maximum atomic E-state index is 12.4. The van der Waals surface area contributed by atoms with Crippen molar-refractivity contribution in [3.63, 3.8) is 0 Å². The summed E-state index contributed by atoms with van der Waals surface area (Å²) in [6.07, 6.45) is 9.07. The molecule has 0 amide bonds. The first-order valence-corrected chi connectivity index (χ1v) is 7.18. The number of carbonyl (C=O) groups is 1. The Hall–Kier alpha value is -0.960. The van der Waals surface area contributed by atoms with E-state index in [1.165, 1.54) is 30.6 Å². The second-order valence-corrected chi connectivity index (χ2v) is 5.86. The van der Waals surface area contributed by atoms with E-state index in [2.05, 4.69) is 11.1 Å².